The van der Waals surface area contributed by atoms with Crippen LogP contribution in [0, 0.1) is 5.92 Å². The van der Waals surface area contributed by atoms with E-state index >= 15 is 0 Å². The molecule has 0 bridgehead atoms. The lowest BCUT2D eigenvalue weighted by molar-refractivity contribution is -0.126. The van der Waals surface area contributed by atoms with Crippen molar-refractivity contribution in [3.63, 3.8) is 0 Å². The summed E-state index contributed by atoms with van der Waals surface area (Å²) >= 11 is 0. The molecule has 0 fully saturated rings. The Balaban J connectivity index is 2.01. The van der Waals surface area contributed by atoms with E-state index in [1.807, 2.05) is 85.8 Å². The third kappa shape index (κ3) is 3.95. The molecule has 1 atom stereocenters. The fourth-order valence-corrected chi connectivity index (χ4v) is 3.55. The highest BCUT2D eigenvalue weighted by Crippen LogP contribution is 2.34. The highest BCUT2D eigenvalue weighted by Gasteiger charge is 2.38. The van der Waals surface area contributed by atoms with Crippen LogP contribution in [0.5, 0.6) is 0 Å². The summed E-state index contributed by atoms with van der Waals surface area (Å²) in [5.74, 6) is 0.301. The molecule has 2 nitrogen and oxygen atoms in total. The molecule has 0 heterocycles. The molecular weight excluding hydrogens is 330 g/mol. The Morgan fingerprint density at radius 1 is 0.741 bits per heavy atom. The topological polar surface area (TPSA) is 29.1 Å². The molecule has 3 rings (SSSR count). The summed E-state index contributed by atoms with van der Waals surface area (Å²) in [5, 5.41) is 3.33. The number of rotatable bonds is 6. The van der Waals surface area contributed by atoms with Crippen LogP contribution in [-0.2, 0) is 10.2 Å². The van der Waals surface area contributed by atoms with Gasteiger partial charge in [-0.05, 0) is 29.5 Å². The first-order chi connectivity index (χ1) is 13.0. The van der Waals surface area contributed by atoms with Gasteiger partial charge in [0.2, 0.25) is 5.91 Å². The number of carbonyl (C=O) groups excluding carboxylic acids is 1. The number of amides is 1. The van der Waals surface area contributed by atoms with Crippen molar-refractivity contribution >= 4 is 5.91 Å². The van der Waals surface area contributed by atoms with E-state index in [4.69, 9.17) is 0 Å². The van der Waals surface area contributed by atoms with E-state index in [2.05, 4.69) is 31.3 Å². The predicted octanol–water partition coefficient (Wildman–Crippen LogP) is 5.51. The summed E-state index contributed by atoms with van der Waals surface area (Å²) in [4.78, 5) is 13.6. The van der Waals surface area contributed by atoms with Gasteiger partial charge in [-0.25, -0.2) is 0 Å². The Kier molecular flexibility index (Phi) is 5.75. The van der Waals surface area contributed by atoms with Crippen molar-refractivity contribution in [2.24, 2.45) is 5.92 Å². The van der Waals surface area contributed by atoms with Crippen molar-refractivity contribution in [1.29, 1.82) is 0 Å². The minimum absolute atomic E-state index is 0.0162. The Hall–Kier alpha value is -2.87. The zero-order valence-corrected chi connectivity index (χ0v) is 16.2. The molecular formula is C25H27NO. The minimum Gasteiger partial charge on any atom is -0.348 e. The van der Waals surface area contributed by atoms with Crippen molar-refractivity contribution in [2.75, 3.05) is 0 Å². The lowest BCUT2D eigenvalue weighted by Gasteiger charge is -2.33. The van der Waals surface area contributed by atoms with Gasteiger partial charge in [0.1, 0.15) is 0 Å². The average Bonchev–Trinajstić information content (AvgIpc) is 2.73. The molecule has 0 aliphatic rings. The second kappa shape index (κ2) is 8.22. The van der Waals surface area contributed by atoms with E-state index in [0.29, 0.717) is 0 Å². The molecule has 3 aromatic rings. The van der Waals surface area contributed by atoms with Crippen molar-refractivity contribution in [3.8, 4) is 0 Å². The third-order valence-corrected chi connectivity index (χ3v) is 5.27. The maximum Gasteiger partial charge on any atom is 0.235 e. The molecule has 1 N–H and O–H groups in total. The van der Waals surface area contributed by atoms with Crippen LogP contribution in [0.15, 0.2) is 91.0 Å². The van der Waals surface area contributed by atoms with Crippen LogP contribution in [0.4, 0.5) is 0 Å². The van der Waals surface area contributed by atoms with Gasteiger partial charge in [-0.15, -0.1) is 0 Å². The van der Waals surface area contributed by atoms with E-state index in [1.165, 1.54) is 0 Å². The number of benzene rings is 3. The summed E-state index contributed by atoms with van der Waals surface area (Å²) in [6.07, 6.45) is 0. The van der Waals surface area contributed by atoms with Crippen LogP contribution in [0.25, 0.3) is 0 Å². The summed E-state index contributed by atoms with van der Waals surface area (Å²) in [6, 6.07) is 30.2. The number of hydrogen-bond acceptors (Lipinski definition) is 1. The van der Waals surface area contributed by atoms with Gasteiger partial charge in [-0.1, -0.05) is 105 Å². The van der Waals surface area contributed by atoms with Gasteiger partial charge in [0, 0.05) is 0 Å². The first-order valence-corrected chi connectivity index (χ1v) is 9.50. The maximum absolute atomic E-state index is 13.6. The second-order valence-corrected chi connectivity index (χ2v) is 7.46. The monoisotopic (exact) mass is 357 g/mol. The SMILES string of the molecule is CC(C)C(NC(=O)C(C)(c1ccccc1)c1ccccc1)c1ccccc1. The fraction of sp³-hybridized carbons (Fsp3) is 0.240. The van der Waals surface area contributed by atoms with E-state index in [1.54, 1.807) is 0 Å². The van der Waals surface area contributed by atoms with Gasteiger partial charge in [0.15, 0.2) is 0 Å². The van der Waals surface area contributed by atoms with Gasteiger partial charge < -0.3 is 5.32 Å². The van der Waals surface area contributed by atoms with E-state index in [-0.39, 0.29) is 17.9 Å². The summed E-state index contributed by atoms with van der Waals surface area (Å²) < 4.78 is 0. The summed E-state index contributed by atoms with van der Waals surface area (Å²) in [5.41, 5.74) is 2.35. The molecule has 3 aromatic carbocycles. The normalized spacial score (nSPS) is 12.6. The van der Waals surface area contributed by atoms with Gasteiger partial charge in [-0.2, -0.15) is 0 Å². The molecule has 27 heavy (non-hydrogen) atoms. The Morgan fingerprint density at radius 2 is 1.15 bits per heavy atom. The number of carbonyl (C=O) groups is 1. The smallest absolute Gasteiger partial charge is 0.235 e. The number of hydrogen-bond donors (Lipinski definition) is 1. The lowest BCUT2D eigenvalue weighted by atomic mass is 9.75. The predicted molar refractivity (Wildman–Crippen MR) is 112 cm³/mol. The maximum atomic E-state index is 13.6. The van der Waals surface area contributed by atoms with Crippen LogP contribution in [0.1, 0.15) is 43.5 Å². The fourth-order valence-electron chi connectivity index (χ4n) is 3.55. The zero-order valence-electron chi connectivity index (χ0n) is 16.2. The summed E-state index contributed by atoms with van der Waals surface area (Å²) in [6.45, 7) is 6.29. The number of nitrogens with one attached hydrogen (secondary N) is 1. The van der Waals surface area contributed by atoms with Gasteiger partial charge >= 0.3 is 0 Å². The largest absolute Gasteiger partial charge is 0.348 e. The quantitative estimate of drug-likeness (QED) is 0.619. The van der Waals surface area contributed by atoms with Gasteiger partial charge in [-0.3, -0.25) is 4.79 Å². The van der Waals surface area contributed by atoms with Crippen LogP contribution < -0.4 is 5.32 Å². The molecule has 0 spiro atoms. The van der Waals surface area contributed by atoms with Gasteiger partial charge in [0.05, 0.1) is 11.5 Å². The molecule has 0 radical (unpaired) electrons. The minimum atomic E-state index is -0.759. The van der Waals surface area contributed by atoms with Gasteiger partial charge in [0.25, 0.3) is 0 Å². The van der Waals surface area contributed by atoms with Crippen molar-refractivity contribution in [2.45, 2.75) is 32.2 Å². The highest BCUT2D eigenvalue weighted by molar-refractivity contribution is 5.92. The molecule has 1 unspecified atom stereocenters. The first kappa shape index (κ1) is 18.9. The first-order valence-electron chi connectivity index (χ1n) is 9.50. The lowest BCUT2D eigenvalue weighted by Crippen LogP contribution is -2.45. The van der Waals surface area contributed by atoms with E-state index in [9.17, 15) is 4.79 Å². The molecule has 0 aliphatic heterocycles. The standard InChI is InChI=1S/C25H27NO/c1-19(2)23(20-13-7-4-8-14-20)26-24(27)25(3,21-15-9-5-10-16-21)22-17-11-6-12-18-22/h4-19,23H,1-3H3,(H,26,27). The molecule has 0 aliphatic carbocycles. The molecule has 1 amide bonds. The van der Waals surface area contributed by atoms with Crippen molar-refractivity contribution in [1.82, 2.24) is 5.32 Å². The molecule has 0 aromatic heterocycles. The summed E-state index contributed by atoms with van der Waals surface area (Å²) in [7, 11) is 0. The molecule has 0 saturated heterocycles. The van der Waals surface area contributed by atoms with Crippen LogP contribution in [0.3, 0.4) is 0 Å². The average molecular weight is 357 g/mol. The third-order valence-electron chi connectivity index (χ3n) is 5.27. The molecule has 138 valence electrons. The van der Waals surface area contributed by atoms with E-state index < -0.39 is 5.41 Å². The van der Waals surface area contributed by atoms with Crippen molar-refractivity contribution < 1.29 is 4.79 Å². The van der Waals surface area contributed by atoms with E-state index in [0.717, 1.165) is 16.7 Å². The highest BCUT2D eigenvalue weighted by atomic mass is 16.2. The molecule has 0 saturated carbocycles. The zero-order chi connectivity index (χ0) is 19.3. The van der Waals surface area contributed by atoms with Crippen LogP contribution in [0.2, 0.25) is 0 Å². The molecule has 2 heteroatoms. The van der Waals surface area contributed by atoms with Crippen LogP contribution >= 0.6 is 0 Å². The second-order valence-electron chi connectivity index (χ2n) is 7.46. The van der Waals surface area contributed by atoms with Crippen LogP contribution in [-0.4, -0.2) is 5.91 Å². The Morgan fingerprint density at radius 3 is 1.56 bits per heavy atom. The van der Waals surface area contributed by atoms with Crippen molar-refractivity contribution in [3.05, 3.63) is 108 Å². The Bertz CT molecular complexity index is 817. The Labute approximate surface area is 162 Å².